The molecule has 0 aliphatic heterocycles. The molecule has 5 nitrogen and oxygen atoms in total. The maximum Gasteiger partial charge on any atom is 0.348 e. The van der Waals surface area contributed by atoms with E-state index in [9.17, 15) is 19.1 Å². The number of rotatable bonds is 7. The van der Waals surface area contributed by atoms with Crippen molar-refractivity contribution in [3.8, 4) is 5.75 Å². The van der Waals surface area contributed by atoms with Crippen molar-refractivity contribution >= 4 is 11.8 Å². The van der Waals surface area contributed by atoms with Crippen molar-refractivity contribution in [1.29, 1.82) is 0 Å². The molecule has 0 fully saturated rings. The van der Waals surface area contributed by atoms with E-state index in [0.29, 0.717) is 11.1 Å². The van der Waals surface area contributed by atoms with Gasteiger partial charge in [-0.05, 0) is 29.3 Å². The van der Waals surface area contributed by atoms with Crippen LogP contribution in [-0.4, -0.2) is 30.6 Å². The quantitative estimate of drug-likeness (QED) is 0.491. The highest BCUT2D eigenvalue weighted by Gasteiger charge is 2.41. The van der Waals surface area contributed by atoms with Crippen LogP contribution in [0.4, 0.5) is 4.39 Å². The Morgan fingerprint density at radius 2 is 1.48 bits per heavy atom. The Morgan fingerprint density at radius 1 is 0.931 bits per heavy atom. The van der Waals surface area contributed by atoms with Crippen LogP contribution in [0.2, 0.25) is 0 Å². The minimum Gasteiger partial charge on any atom is -0.494 e. The van der Waals surface area contributed by atoms with Crippen LogP contribution in [0.15, 0.2) is 78.9 Å². The first-order chi connectivity index (χ1) is 14.0. The molecule has 148 valence electrons. The van der Waals surface area contributed by atoms with Crippen LogP contribution in [0.3, 0.4) is 0 Å². The van der Waals surface area contributed by atoms with Crippen LogP contribution in [0.1, 0.15) is 21.5 Å². The number of Topliss-reactive ketones (excluding diaryl/α,β-unsaturated/α-hetero) is 1. The van der Waals surface area contributed by atoms with Gasteiger partial charge in [0.05, 0.1) is 7.11 Å². The van der Waals surface area contributed by atoms with E-state index in [-0.39, 0.29) is 11.3 Å². The van der Waals surface area contributed by atoms with Crippen molar-refractivity contribution in [1.82, 2.24) is 0 Å². The SMILES string of the molecule is COc1ccc(C(=O)COC(=O)C(O)(c2ccccc2)c2ccccc2)cc1F. The summed E-state index contributed by atoms with van der Waals surface area (Å²) < 4.78 is 23.8. The van der Waals surface area contributed by atoms with E-state index in [1.165, 1.54) is 19.2 Å². The Bertz CT molecular complexity index is 963. The van der Waals surface area contributed by atoms with Gasteiger partial charge in [0.1, 0.15) is 0 Å². The molecule has 0 radical (unpaired) electrons. The topological polar surface area (TPSA) is 72.8 Å². The van der Waals surface area contributed by atoms with Crippen molar-refractivity contribution < 1.29 is 28.6 Å². The van der Waals surface area contributed by atoms with Crippen molar-refractivity contribution in [3.63, 3.8) is 0 Å². The Morgan fingerprint density at radius 3 is 1.97 bits per heavy atom. The predicted molar refractivity (Wildman–Crippen MR) is 104 cm³/mol. The first-order valence-corrected chi connectivity index (χ1v) is 8.84. The number of carbonyl (C=O) groups is 2. The van der Waals surface area contributed by atoms with E-state index in [1.54, 1.807) is 60.7 Å². The van der Waals surface area contributed by atoms with Gasteiger partial charge in [-0.2, -0.15) is 0 Å². The van der Waals surface area contributed by atoms with Gasteiger partial charge < -0.3 is 14.6 Å². The zero-order valence-electron chi connectivity index (χ0n) is 15.7. The Balaban J connectivity index is 1.83. The molecule has 0 aliphatic rings. The third-order valence-electron chi connectivity index (χ3n) is 4.49. The summed E-state index contributed by atoms with van der Waals surface area (Å²) in [5.74, 6) is -2.31. The summed E-state index contributed by atoms with van der Waals surface area (Å²) in [7, 11) is 1.32. The highest BCUT2D eigenvalue weighted by molar-refractivity contribution is 5.98. The standard InChI is InChI=1S/C23H19FO5/c1-28-21-13-12-16(14-19(21)24)20(25)15-29-22(26)23(27,17-8-4-2-5-9-17)18-10-6-3-7-11-18/h2-14,27H,15H2,1H3. The second-order valence-electron chi connectivity index (χ2n) is 6.29. The summed E-state index contributed by atoms with van der Waals surface area (Å²) in [4.78, 5) is 25.2. The first-order valence-electron chi connectivity index (χ1n) is 8.84. The minimum atomic E-state index is -2.09. The lowest BCUT2D eigenvalue weighted by Gasteiger charge is -2.26. The van der Waals surface area contributed by atoms with E-state index in [2.05, 4.69) is 0 Å². The average Bonchev–Trinajstić information content (AvgIpc) is 2.77. The van der Waals surface area contributed by atoms with Crippen LogP contribution in [-0.2, 0) is 15.1 Å². The largest absolute Gasteiger partial charge is 0.494 e. The predicted octanol–water partition coefficient (Wildman–Crippen LogP) is 3.50. The fraction of sp³-hybridized carbons (Fsp3) is 0.130. The van der Waals surface area contributed by atoms with Gasteiger partial charge in [0, 0.05) is 5.56 Å². The molecule has 0 aliphatic carbocycles. The number of esters is 1. The van der Waals surface area contributed by atoms with Crippen LogP contribution in [0, 0.1) is 5.82 Å². The zero-order valence-corrected chi connectivity index (χ0v) is 15.7. The number of methoxy groups -OCH3 is 1. The van der Waals surface area contributed by atoms with Gasteiger partial charge >= 0.3 is 5.97 Å². The van der Waals surface area contributed by atoms with Crippen molar-refractivity contribution in [2.24, 2.45) is 0 Å². The van der Waals surface area contributed by atoms with Crippen molar-refractivity contribution in [2.75, 3.05) is 13.7 Å². The Hall–Kier alpha value is -3.51. The molecule has 0 saturated heterocycles. The van der Waals surface area contributed by atoms with E-state index >= 15 is 0 Å². The van der Waals surface area contributed by atoms with Crippen LogP contribution >= 0.6 is 0 Å². The fourth-order valence-corrected chi connectivity index (χ4v) is 2.92. The Kier molecular flexibility index (Phi) is 6.04. The summed E-state index contributed by atoms with van der Waals surface area (Å²) in [6.45, 7) is -0.646. The molecule has 0 heterocycles. The van der Waals surface area contributed by atoms with E-state index < -0.39 is 29.8 Å². The third-order valence-corrected chi connectivity index (χ3v) is 4.49. The molecule has 3 aromatic rings. The summed E-state index contributed by atoms with van der Waals surface area (Å²) in [6.07, 6.45) is 0. The molecule has 0 unspecified atom stereocenters. The highest BCUT2D eigenvalue weighted by atomic mass is 19.1. The summed E-state index contributed by atoms with van der Waals surface area (Å²) in [6, 6.07) is 20.3. The number of ketones is 1. The summed E-state index contributed by atoms with van der Waals surface area (Å²) in [5, 5.41) is 11.3. The van der Waals surface area contributed by atoms with E-state index in [4.69, 9.17) is 9.47 Å². The van der Waals surface area contributed by atoms with Gasteiger partial charge in [0.2, 0.25) is 5.60 Å². The second kappa shape index (κ2) is 8.67. The lowest BCUT2D eigenvalue weighted by molar-refractivity contribution is -0.160. The van der Waals surface area contributed by atoms with Gasteiger partial charge in [-0.15, -0.1) is 0 Å². The molecule has 0 spiro atoms. The lowest BCUT2D eigenvalue weighted by atomic mass is 9.86. The molecule has 0 saturated carbocycles. The number of carbonyl (C=O) groups excluding carboxylic acids is 2. The smallest absolute Gasteiger partial charge is 0.348 e. The van der Waals surface area contributed by atoms with Crippen molar-refractivity contribution in [2.45, 2.75) is 5.60 Å². The third kappa shape index (κ3) is 4.17. The molecule has 3 aromatic carbocycles. The van der Waals surface area contributed by atoms with Gasteiger partial charge in [0.15, 0.2) is 24.0 Å². The molecule has 0 atom stereocenters. The van der Waals surface area contributed by atoms with E-state index in [1.807, 2.05) is 0 Å². The number of benzene rings is 3. The van der Waals surface area contributed by atoms with Gasteiger partial charge in [-0.25, -0.2) is 9.18 Å². The molecule has 0 bridgehead atoms. The lowest BCUT2D eigenvalue weighted by Crippen LogP contribution is -2.39. The minimum absolute atomic E-state index is 0.000995. The Labute approximate surface area is 167 Å². The molecular weight excluding hydrogens is 375 g/mol. The maximum absolute atomic E-state index is 13.8. The first kappa shape index (κ1) is 20.2. The molecular formula is C23H19FO5. The van der Waals surface area contributed by atoms with Crippen molar-refractivity contribution in [3.05, 3.63) is 101 Å². The van der Waals surface area contributed by atoms with Crippen LogP contribution < -0.4 is 4.74 Å². The van der Waals surface area contributed by atoms with Gasteiger partial charge in [0.25, 0.3) is 0 Å². The number of halogens is 1. The molecule has 3 rings (SSSR count). The van der Waals surface area contributed by atoms with Gasteiger partial charge in [-0.1, -0.05) is 60.7 Å². The van der Waals surface area contributed by atoms with Crippen LogP contribution in [0.5, 0.6) is 5.75 Å². The summed E-state index contributed by atoms with van der Waals surface area (Å²) in [5.41, 5.74) is -1.45. The average molecular weight is 394 g/mol. The highest BCUT2D eigenvalue weighted by Crippen LogP contribution is 2.31. The zero-order chi connectivity index (χ0) is 20.9. The second-order valence-corrected chi connectivity index (χ2v) is 6.29. The van der Waals surface area contributed by atoms with Gasteiger partial charge in [-0.3, -0.25) is 4.79 Å². The molecule has 0 amide bonds. The fourth-order valence-electron chi connectivity index (χ4n) is 2.92. The summed E-state index contributed by atoms with van der Waals surface area (Å²) >= 11 is 0. The molecule has 6 heteroatoms. The number of hydrogen-bond donors (Lipinski definition) is 1. The molecule has 0 aromatic heterocycles. The molecule has 29 heavy (non-hydrogen) atoms. The maximum atomic E-state index is 13.8. The van der Waals surface area contributed by atoms with Crippen LogP contribution in [0.25, 0.3) is 0 Å². The number of ether oxygens (including phenoxy) is 2. The number of aliphatic hydroxyl groups is 1. The monoisotopic (exact) mass is 394 g/mol. The van der Waals surface area contributed by atoms with E-state index in [0.717, 1.165) is 6.07 Å². The normalized spacial score (nSPS) is 11.0. The number of hydrogen-bond acceptors (Lipinski definition) is 5. The molecule has 1 N–H and O–H groups in total.